The second kappa shape index (κ2) is 8.69. The quantitative estimate of drug-likeness (QED) is 0.698. The Balaban J connectivity index is 2.06. The third-order valence-electron chi connectivity index (χ3n) is 3.55. The lowest BCUT2D eigenvalue weighted by atomic mass is 9.94. The van der Waals surface area contributed by atoms with E-state index in [0.717, 1.165) is 26.1 Å². The maximum absolute atomic E-state index is 5.10. The molecule has 2 nitrogen and oxygen atoms in total. The van der Waals surface area contributed by atoms with E-state index in [-0.39, 0.29) is 0 Å². The molecule has 1 atom stereocenters. The van der Waals surface area contributed by atoms with Gasteiger partial charge in [-0.1, -0.05) is 29.8 Å². The highest BCUT2D eigenvalue weighted by Crippen LogP contribution is 2.29. The van der Waals surface area contributed by atoms with Crippen molar-refractivity contribution >= 4 is 27.3 Å². The van der Waals surface area contributed by atoms with Crippen LogP contribution >= 0.6 is 27.3 Å². The van der Waals surface area contributed by atoms with Crippen molar-refractivity contribution in [2.24, 2.45) is 0 Å². The molecule has 1 aromatic heterocycles. The van der Waals surface area contributed by atoms with E-state index in [1.54, 1.807) is 7.11 Å². The molecule has 1 heterocycles. The average Bonchev–Trinajstić information content (AvgIpc) is 2.88. The molecule has 0 amide bonds. The molecule has 0 spiro atoms. The highest BCUT2D eigenvalue weighted by atomic mass is 79.9. The summed E-state index contributed by atoms with van der Waals surface area (Å²) in [6.07, 6.45) is 1.06. The summed E-state index contributed by atoms with van der Waals surface area (Å²) in [7, 11) is 1.74. The number of ether oxygens (including phenoxy) is 1. The van der Waals surface area contributed by atoms with Crippen molar-refractivity contribution in [1.82, 2.24) is 5.32 Å². The van der Waals surface area contributed by atoms with Gasteiger partial charge < -0.3 is 10.1 Å². The van der Waals surface area contributed by atoms with Crippen molar-refractivity contribution in [3.05, 3.63) is 56.2 Å². The third-order valence-corrected chi connectivity index (χ3v) is 5.49. The Morgan fingerprint density at radius 1 is 1.24 bits per heavy atom. The number of halogens is 1. The fourth-order valence-corrected chi connectivity index (χ4v) is 3.89. The summed E-state index contributed by atoms with van der Waals surface area (Å²) in [5.74, 6) is 0.484. The molecule has 21 heavy (non-hydrogen) atoms. The second-order valence-corrected chi connectivity index (χ2v) is 7.06. The van der Waals surface area contributed by atoms with E-state index in [0.29, 0.717) is 5.92 Å². The summed E-state index contributed by atoms with van der Waals surface area (Å²) in [6, 6.07) is 11.0. The van der Waals surface area contributed by atoms with Gasteiger partial charge in [-0.25, -0.2) is 0 Å². The van der Waals surface area contributed by atoms with Gasteiger partial charge in [-0.2, -0.15) is 0 Å². The van der Waals surface area contributed by atoms with Gasteiger partial charge in [-0.05, 0) is 46.3 Å². The van der Waals surface area contributed by atoms with Crippen LogP contribution in [-0.4, -0.2) is 26.8 Å². The molecule has 0 aliphatic heterocycles. The molecule has 1 aromatic carbocycles. The van der Waals surface area contributed by atoms with E-state index < -0.39 is 0 Å². The Kier molecular flexibility index (Phi) is 6.90. The molecular formula is C17H22BrNOS. The van der Waals surface area contributed by atoms with Crippen molar-refractivity contribution in [3.8, 4) is 0 Å². The smallest absolute Gasteiger partial charge is 0.0587 e. The molecule has 0 aliphatic carbocycles. The van der Waals surface area contributed by atoms with Crippen LogP contribution in [0.2, 0.25) is 0 Å². The number of hydrogen-bond donors (Lipinski definition) is 1. The summed E-state index contributed by atoms with van der Waals surface area (Å²) in [6.45, 7) is 4.75. The third kappa shape index (κ3) is 5.22. The van der Waals surface area contributed by atoms with Gasteiger partial charge in [0.15, 0.2) is 0 Å². The van der Waals surface area contributed by atoms with Crippen molar-refractivity contribution in [2.45, 2.75) is 19.3 Å². The van der Waals surface area contributed by atoms with Crippen LogP contribution < -0.4 is 5.32 Å². The first-order chi connectivity index (χ1) is 10.2. The zero-order valence-corrected chi connectivity index (χ0v) is 15.0. The minimum atomic E-state index is 0.484. The van der Waals surface area contributed by atoms with Crippen LogP contribution in [0.25, 0.3) is 0 Å². The van der Waals surface area contributed by atoms with Crippen LogP contribution in [0.15, 0.2) is 40.2 Å². The van der Waals surface area contributed by atoms with Crippen LogP contribution in [0.5, 0.6) is 0 Å². The zero-order valence-electron chi connectivity index (χ0n) is 12.6. The first-order valence-corrected chi connectivity index (χ1v) is 8.86. The standard InChI is InChI=1S/C17H22BrNOS/c1-13-3-5-14(6-4-13)15(12-19-8-9-20-2)11-17-16(18)7-10-21-17/h3-7,10,15,19H,8-9,11-12H2,1-2H3. The van der Waals surface area contributed by atoms with Gasteiger partial charge in [0.25, 0.3) is 0 Å². The first-order valence-electron chi connectivity index (χ1n) is 7.18. The summed E-state index contributed by atoms with van der Waals surface area (Å²) in [5, 5.41) is 5.64. The average molecular weight is 368 g/mol. The zero-order chi connectivity index (χ0) is 15.1. The maximum Gasteiger partial charge on any atom is 0.0587 e. The number of hydrogen-bond acceptors (Lipinski definition) is 3. The molecule has 0 bridgehead atoms. The Morgan fingerprint density at radius 3 is 2.62 bits per heavy atom. The first kappa shape index (κ1) is 16.7. The number of methoxy groups -OCH3 is 1. The molecule has 2 aromatic rings. The Labute approximate surface area is 139 Å². The predicted molar refractivity (Wildman–Crippen MR) is 94.4 cm³/mol. The van der Waals surface area contributed by atoms with E-state index in [1.807, 2.05) is 11.3 Å². The van der Waals surface area contributed by atoms with Gasteiger partial charge in [0, 0.05) is 35.5 Å². The molecule has 0 saturated carbocycles. The van der Waals surface area contributed by atoms with Crippen LogP contribution in [-0.2, 0) is 11.2 Å². The van der Waals surface area contributed by atoms with Crippen molar-refractivity contribution in [2.75, 3.05) is 26.8 Å². The minimum Gasteiger partial charge on any atom is -0.383 e. The fourth-order valence-electron chi connectivity index (χ4n) is 2.29. The minimum absolute atomic E-state index is 0.484. The molecule has 0 saturated heterocycles. The molecule has 0 aliphatic rings. The number of thiophene rings is 1. The second-order valence-electron chi connectivity index (χ2n) is 5.20. The van der Waals surface area contributed by atoms with Gasteiger partial charge in [0.1, 0.15) is 0 Å². The summed E-state index contributed by atoms with van der Waals surface area (Å²) in [5.41, 5.74) is 2.70. The molecule has 4 heteroatoms. The summed E-state index contributed by atoms with van der Waals surface area (Å²) < 4.78 is 6.33. The SMILES string of the molecule is COCCNCC(Cc1sccc1Br)c1ccc(C)cc1. The van der Waals surface area contributed by atoms with Crippen LogP contribution in [0.4, 0.5) is 0 Å². The van der Waals surface area contributed by atoms with Crippen molar-refractivity contribution < 1.29 is 4.74 Å². The van der Waals surface area contributed by atoms with Gasteiger partial charge >= 0.3 is 0 Å². The summed E-state index contributed by atoms with van der Waals surface area (Å²) in [4.78, 5) is 1.41. The van der Waals surface area contributed by atoms with E-state index >= 15 is 0 Å². The Bertz CT molecular complexity index is 538. The molecule has 0 fully saturated rings. The molecule has 114 valence electrons. The van der Waals surface area contributed by atoms with Crippen molar-refractivity contribution in [1.29, 1.82) is 0 Å². The van der Waals surface area contributed by atoms with E-state index in [2.05, 4.69) is 63.9 Å². The Morgan fingerprint density at radius 2 is 2.00 bits per heavy atom. The topological polar surface area (TPSA) is 21.3 Å². The van der Waals surface area contributed by atoms with E-state index in [4.69, 9.17) is 4.74 Å². The molecule has 1 unspecified atom stereocenters. The fraction of sp³-hybridized carbons (Fsp3) is 0.412. The van der Waals surface area contributed by atoms with Gasteiger partial charge in [-0.3, -0.25) is 0 Å². The van der Waals surface area contributed by atoms with Crippen molar-refractivity contribution in [3.63, 3.8) is 0 Å². The predicted octanol–water partition coefficient (Wildman–Crippen LogP) is 4.38. The number of nitrogens with one attached hydrogen (secondary N) is 1. The molecular weight excluding hydrogens is 346 g/mol. The Hall–Kier alpha value is -0.680. The van der Waals surface area contributed by atoms with Gasteiger partial charge in [0.2, 0.25) is 0 Å². The molecule has 2 rings (SSSR count). The highest BCUT2D eigenvalue weighted by molar-refractivity contribution is 9.10. The monoisotopic (exact) mass is 367 g/mol. The lowest BCUT2D eigenvalue weighted by Crippen LogP contribution is -2.26. The van der Waals surface area contributed by atoms with Crippen LogP contribution in [0.3, 0.4) is 0 Å². The van der Waals surface area contributed by atoms with Gasteiger partial charge in [0.05, 0.1) is 6.61 Å². The number of rotatable bonds is 8. The van der Waals surface area contributed by atoms with E-state index in [1.165, 1.54) is 20.5 Å². The van der Waals surface area contributed by atoms with Gasteiger partial charge in [-0.15, -0.1) is 11.3 Å². The largest absolute Gasteiger partial charge is 0.383 e. The van der Waals surface area contributed by atoms with E-state index in [9.17, 15) is 0 Å². The summed E-state index contributed by atoms with van der Waals surface area (Å²) >= 11 is 5.46. The van der Waals surface area contributed by atoms with Crippen LogP contribution in [0, 0.1) is 6.92 Å². The highest BCUT2D eigenvalue weighted by Gasteiger charge is 2.14. The lowest BCUT2D eigenvalue weighted by Gasteiger charge is -2.18. The van der Waals surface area contributed by atoms with Crippen LogP contribution in [0.1, 0.15) is 21.9 Å². The number of benzene rings is 1. The maximum atomic E-state index is 5.10. The molecule has 1 N–H and O–H groups in total. The lowest BCUT2D eigenvalue weighted by molar-refractivity contribution is 0.199. The molecule has 0 radical (unpaired) electrons. The normalized spacial score (nSPS) is 12.5. The number of aryl methyl sites for hydroxylation is 1.